The van der Waals surface area contributed by atoms with Crippen molar-refractivity contribution >= 4 is 24.0 Å². The number of rotatable bonds is 2. The van der Waals surface area contributed by atoms with E-state index in [-0.39, 0.29) is 23.2 Å². The van der Waals surface area contributed by atoms with Gasteiger partial charge in [0.15, 0.2) is 0 Å². The lowest BCUT2D eigenvalue weighted by molar-refractivity contribution is 0.165. The van der Waals surface area contributed by atoms with Gasteiger partial charge in [0.2, 0.25) is 0 Å². The van der Waals surface area contributed by atoms with Gasteiger partial charge >= 0.3 is 0 Å². The van der Waals surface area contributed by atoms with E-state index in [4.69, 9.17) is 11.6 Å². The third-order valence-corrected chi connectivity index (χ3v) is 3.30. The van der Waals surface area contributed by atoms with Gasteiger partial charge in [-0.15, -0.1) is 12.4 Å². The first-order chi connectivity index (χ1) is 7.66. The van der Waals surface area contributed by atoms with Crippen molar-refractivity contribution in [3.05, 3.63) is 34.6 Å². The Morgan fingerprint density at radius 2 is 2.29 bits per heavy atom. The highest BCUT2D eigenvalue weighted by Gasteiger charge is 2.17. The molecule has 5 heteroatoms. The largest absolute Gasteiger partial charge is 0.314 e. The number of nitrogens with zero attached hydrogens (tertiary/aromatic N) is 1. The van der Waals surface area contributed by atoms with Crippen molar-refractivity contribution in [1.82, 2.24) is 10.2 Å². The van der Waals surface area contributed by atoms with Crippen LogP contribution in [0, 0.1) is 5.82 Å². The molecule has 1 unspecified atom stereocenters. The molecule has 1 saturated heterocycles. The summed E-state index contributed by atoms with van der Waals surface area (Å²) in [7, 11) is 0. The van der Waals surface area contributed by atoms with Gasteiger partial charge < -0.3 is 5.32 Å². The van der Waals surface area contributed by atoms with E-state index in [0.29, 0.717) is 6.04 Å². The van der Waals surface area contributed by atoms with Crippen molar-refractivity contribution in [1.29, 1.82) is 0 Å². The normalized spacial score (nSPS) is 21.0. The Morgan fingerprint density at radius 3 is 2.94 bits per heavy atom. The Hall–Kier alpha value is -0.350. The molecule has 1 fully saturated rings. The standard InChI is InChI=1S/C12H16ClFN2.ClH/c1-9-7-15-4-5-16(9)8-10-2-3-12(14)11(13)6-10;/h2-3,6,9,15H,4-5,7-8H2,1H3;1H. The molecule has 1 aliphatic heterocycles. The number of halogens is 3. The van der Waals surface area contributed by atoms with Gasteiger partial charge in [-0.1, -0.05) is 17.7 Å². The molecule has 1 N–H and O–H groups in total. The summed E-state index contributed by atoms with van der Waals surface area (Å²) in [6.45, 7) is 6.07. The summed E-state index contributed by atoms with van der Waals surface area (Å²) in [5, 5.41) is 3.55. The Labute approximate surface area is 113 Å². The lowest BCUT2D eigenvalue weighted by Gasteiger charge is -2.33. The summed E-state index contributed by atoms with van der Waals surface area (Å²) in [5.74, 6) is -0.348. The highest BCUT2D eigenvalue weighted by Crippen LogP contribution is 2.18. The molecule has 96 valence electrons. The molecule has 0 amide bonds. The molecule has 1 aliphatic rings. The number of benzene rings is 1. The van der Waals surface area contributed by atoms with Crippen LogP contribution in [0.3, 0.4) is 0 Å². The van der Waals surface area contributed by atoms with Crippen LogP contribution in [0.4, 0.5) is 4.39 Å². The molecule has 2 nitrogen and oxygen atoms in total. The van der Waals surface area contributed by atoms with Gasteiger partial charge in [-0.3, -0.25) is 4.90 Å². The fraction of sp³-hybridized carbons (Fsp3) is 0.500. The van der Waals surface area contributed by atoms with E-state index >= 15 is 0 Å². The van der Waals surface area contributed by atoms with Crippen LogP contribution in [0.1, 0.15) is 12.5 Å². The maximum atomic E-state index is 13.0. The first-order valence-corrected chi connectivity index (χ1v) is 5.93. The summed E-state index contributed by atoms with van der Waals surface area (Å²) in [4.78, 5) is 2.38. The van der Waals surface area contributed by atoms with Gasteiger partial charge in [0.1, 0.15) is 5.82 Å². The predicted molar refractivity (Wildman–Crippen MR) is 71.4 cm³/mol. The number of hydrogen-bond acceptors (Lipinski definition) is 2. The molecule has 0 spiro atoms. The average Bonchev–Trinajstić information content (AvgIpc) is 2.27. The summed E-state index contributed by atoms with van der Waals surface area (Å²) in [6.07, 6.45) is 0. The van der Waals surface area contributed by atoms with E-state index in [1.165, 1.54) is 6.07 Å². The zero-order valence-electron chi connectivity index (χ0n) is 9.75. The topological polar surface area (TPSA) is 15.3 Å². The van der Waals surface area contributed by atoms with E-state index in [1.807, 2.05) is 0 Å². The molecule has 17 heavy (non-hydrogen) atoms. The molecule has 1 aromatic rings. The second-order valence-corrected chi connectivity index (χ2v) is 4.68. The van der Waals surface area contributed by atoms with Crippen molar-refractivity contribution in [2.24, 2.45) is 0 Å². The highest BCUT2D eigenvalue weighted by molar-refractivity contribution is 6.30. The summed E-state index contributed by atoms with van der Waals surface area (Å²) >= 11 is 5.76. The monoisotopic (exact) mass is 278 g/mol. The Balaban J connectivity index is 0.00000144. The van der Waals surface area contributed by atoms with E-state index in [9.17, 15) is 4.39 Å². The summed E-state index contributed by atoms with van der Waals surface area (Å²) in [5.41, 5.74) is 1.07. The average molecular weight is 279 g/mol. The second-order valence-electron chi connectivity index (χ2n) is 4.27. The summed E-state index contributed by atoms with van der Waals surface area (Å²) in [6, 6.07) is 5.46. The molecule has 1 atom stereocenters. The van der Waals surface area contributed by atoms with E-state index < -0.39 is 0 Å². The lowest BCUT2D eigenvalue weighted by Crippen LogP contribution is -2.49. The maximum absolute atomic E-state index is 13.0. The van der Waals surface area contributed by atoms with Crippen LogP contribution in [0.2, 0.25) is 5.02 Å². The molecular weight excluding hydrogens is 262 g/mol. The van der Waals surface area contributed by atoms with Crippen LogP contribution in [-0.2, 0) is 6.54 Å². The van der Waals surface area contributed by atoms with Gasteiger partial charge in [-0.2, -0.15) is 0 Å². The van der Waals surface area contributed by atoms with Gasteiger partial charge in [-0.25, -0.2) is 4.39 Å². The first-order valence-electron chi connectivity index (χ1n) is 5.55. The van der Waals surface area contributed by atoms with Gasteiger partial charge in [-0.05, 0) is 24.6 Å². The van der Waals surface area contributed by atoms with Crippen molar-refractivity contribution in [2.45, 2.75) is 19.5 Å². The third kappa shape index (κ3) is 3.81. The first kappa shape index (κ1) is 14.7. The van der Waals surface area contributed by atoms with Crippen LogP contribution in [0.15, 0.2) is 18.2 Å². The lowest BCUT2D eigenvalue weighted by atomic mass is 10.1. The molecule has 0 radical (unpaired) electrons. The molecular formula is C12H17Cl2FN2. The number of piperazine rings is 1. The summed E-state index contributed by atoms with van der Waals surface area (Å²) < 4.78 is 13.0. The molecule has 0 aromatic heterocycles. The molecule has 1 heterocycles. The fourth-order valence-corrected chi connectivity index (χ4v) is 2.19. The molecule has 0 bridgehead atoms. The molecule has 1 aromatic carbocycles. The van der Waals surface area contributed by atoms with Crippen LogP contribution in [0.25, 0.3) is 0 Å². The minimum absolute atomic E-state index is 0. The number of nitrogens with one attached hydrogen (secondary N) is 1. The quantitative estimate of drug-likeness (QED) is 0.895. The van der Waals surface area contributed by atoms with Gasteiger partial charge in [0, 0.05) is 32.2 Å². The van der Waals surface area contributed by atoms with Crippen LogP contribution in [0.5, 0.6) is 0 Å². The maximum Gasteiger partial charge on any atom is 0.141 e. The zero-order valence-corrected chi connectivity index (χ0v) is 11.3. The minimum atomic E-state index is -0.348. The van der Waals surface area contributed by atoms with Crippen LogP contribution in [-0.4, -0.2) is 30.6 Å². The van der Waals surface area contributed by atoms with Crippen molar-refractivity contribution < 1.29 is 4.39 Å². The van der Waals surface area contributed by atoms with E-state index in [1.54, 1.807) is 12.1 Å². The van der Waals surface area contributed by atoms with Gasteiger partial charge in [0.05, 0.1) is 5.02 Å². The van der Waals surface area contributed by atoms with Crippen molar-refractivity contribution in [2.75, 3.05) is 19.6 Å². The van der Waals surface area contributed by atoms with Crippen LogP contribution >= 0.6 is 24.0 Å². The third-order valence-electron chi connectivity index (χ3n) is 3.01. The van der Waals surface area contributed by atoms with Crippen molar-refractivity contribution in [3.8, 4) is 0 Å². The smallest absolute Gasteiger partial charge is 0.141 e. The Bertz CT molecular complexity index is 374. The van der Waals surface area contributed by atoms with E-state index in [0.717, 1.165) is 31.7 Å². The van der Waals surface area contributed by atoms with Gasteiger partial charge in [0.25, 0.3) is 0 Å². The Kier molecular flexibility index (Phi) is 5.67. The fourth-order valence-electron chi connectivity index (χ4n) is 1.99. The molecule has 2 rings (SSSR count). The van der Waals surface area contributed by atoms with E-state index in [2.05, 4.69) is 17.1 Å². The van der Waals surface area contributed by atoms with Crippen molar-refractivity contribution in [3.63, 3.8) is 0 Å². The SMILES string of the molecule is CC1CNCCN1Cc1ccc(F)c(Cl)c1.Cl. The van der Waals surface area contributed by atoms with Crippen LogP contribution < -0.4 is 5.32 Å². The molecule has 0 aliphatic carbocycles. The molecule has 0 saturated carbocycles. The highest BCUT2D eigenvalue weighted by atomic mass is 35.5. The number of hydrogen-bond donors (Lipinski definition) is 1. The zero-order chi connectivity index (χ0) is 11.5. The Morgan fingerprint density at radius 1 is 1.53 bits per heavy atom. The predicted octanol–water partition coefficient (Wildman–Crippen LogP) is 2.69. The minimum Gasteiger partial charge on any atom is -0.314 e. The second kappa shape index (κ2) is 6.55.